The predicted octanol–water partition coefficient (Wildman–Crippen LogP) is -6.67. The van der Waals surface area contributed by atoms with Crippen LogP contribution in [0, 0.1) is 11.8 Å². The number of ether oxygens (including phenoxy) is 3. The Morgan fingerprint density at radius 2 is 1.52 bits per heavy atom. The Labute approximate surface area is 245 Å². The van der Waals surface area contributed by atoms with Crippen LogP contribution in [0.4, 0.5) is 0 Å². The summed E-state index contributed by atoms with van der Waals surface area (Å²) in [4.78, 5) is 0. The van der Waals surface area contributed by atoms with Crippen LogP contribution in [-0.2, 0) is 14.2 Å². The van der Waals surface area contributed by atoms with Gasteiger partial charge in [0.2, 0.25) is 0 Å². The number of nitrogens with two attached hydrogens (primary N) is 4. The third-order valence-corrected chi connectivity index (χ3v) is 9.47. The molecule has 16 nitrogen and oxygen atoms in total. The average molecular weight is 609 g/mol. The summed E-state index contributed by atoms with van der Waals surface area (Å²) in [6.07, 6.45) is -7.72. The van der Waals surface area contributed by atoms with E-state index < -0.39 is 105 Å². The summed E-state index contributed by atoms with van der Waals surface area (Å²) in [6, 6.07) is -3.52. The fourth-order valence-corrected chi connectivity index (χ4v) is 6.90. The van der Waals surface area contributed by atoms with Gasteiger partial charge in [-0.25, -0.2) is 0 Å². The fraction of sp³-hybridized carbons (Fsp3) is 1.00. The zero-order valence-corrected chi connectivity index (χ0v) is 23.8. The maximum Gasteiger partial charge on any atom is 0.186 e. The van der Waals surface area contributed by atoms with Gasteiger partial charge in [-0.15, -0.1) is 0 Å². The van der Waals surface area contributed by atoms with Gasteiger partial charge in [-0.2, -0.15) is 0 Å². The van der Waals surface area contributed by atoms with Gasteiger partial charge >= 0.3 is 0 Å². The number of aliphatic hydroxyl groups excluding tert-OH is 7. The minimum atomic E-state index is -1.50. The van der Waals surface area contributed by atoms with Gasteiger partial charge < -0.3 is 83.5 Å². The van der Waals surface area contributed by atoms with Gasteiger partial charge in [0.15, 0.2) is 6.29 Å². The standard InChI is InChI=1S/C26H52N6O10/c27-5-17-16(36)4-14(31-6-10-1-11(28)2-10)24(40-17)19-13(29)3-15(32-12(7-33)8-34)25(22(19)38)42-26-23(39)20(30)21(37)18(9-35)41-26/h10-26,31-39H,1-9,27-30H2. The van der Waals surface area contributed by atoms with Crippen LogP contribution in [0.5, 0.6) is 0 Å². The molecule has 0 aromatic rings. The lowest BCUT2D eigenvalue weighted by Gasteiger charge is -2.52. The number of aliphatic hydroxyl groups is 7. The van der Waals surface area contributed by atoms with Crippen molar-refractivity contribution in [1.82, 2.24) is 10.6 Å². The van der Waals surface area contributed by atoms with Crippen LogP contribution in [0.1, 0.15) is 25.7 Å². The second kappa shape index (κ2) is 15.1. The lowest BCUT2D eigenvalue weighted by atomic mass is 9.71. The van der Waals surface area contributed by atoms with E-state index in [2.05, 4.69) is 10.6 Å². The molecule has 0 radical (unpaired) electrons. The van der Waals surface area contributed by atoms with Crippen molar-refractivity contribution >= 4 is 0 Å². The molecule has 246 valence electrons. The molecule has 0 spiro atoms. The molecular weight excluding hydrogens is 556 g/mol. The molecular formula is C26H52N6O10. The van der Waals surface area contributed by atoms with Crippen LogP contribution in [-0.4, -0.2) is 160 Å². The van der Waals surface area contributed by atoms with Crippen LogP contribution in [0.2, 0.25) is 0 Å². The SMILES string of the molecule is NCC1OC(C2C(N)CC(NC(CO)CO)C(OC3OC(CO)C(O)C(N)C3O)C2O)C(NCC2CC(N)C2)CC1O. The molecule has 4 fully saturated rings. The molecule has 0 aromatic carbocycles. The first kappa shape index (κ1) is 34.2. The molecule has 2 saturated heterocycles. The first-order valence-electron chi connectivity index (χ1n) is 15.0. The number of nitrogens with one attached hydrogen (secondary N) is 2. The highest BCUT2D eigenvalue weighted by atomic mass is 16.7. The van der Waals surface area contributed by atoms with E-state index in [-0.39, 0.29) is 25.0 Å². The quantitative estimate of drug-likeness (QED) is 0.0979. The lowest BCUT2D eigenvalue weighted by molar-refractivity contribution is -0.307. The Morgan fingerprint density at radius 3 is 2.12 bits per heavy atom. The molecule has 2 aliphatic carbocycles. The predicted molar refractivity (Wildman–Crippen MR) is 148 cm³/mol. The summed E-state index contributed by atoms with van der Waals surface area (Å²) in [7, 11) is 0. The minimum absolute atomic E-state index is 0.0591. The Hall–Kier alpha value is -0.640. The van der Waals surface area contributed by atoms with Crippen molar-refractivity contribution < 1.29 is 50.0 Å². The molecule has 4 aliphatic rings. The van der Waals surface area contributed by atoms with Crippen LogP contribution < -0.4 is 33.6 Å². The first-order valence-corrected chi connectivity index (χ1v) is 15.0. The van der Waals surface area contributed by atoms with Crippen LogP contribution in [0.3, 0.4) is 0 Å². The summed E-state index contributed by atoms with van der Waals surface area (Å²) in [5.41, 5.74) is 24.5. The van der Waals surface area contributed by atoms with Gasteiger partial charge in [0.1, 0.15) is 24.4 Å². The minimum Gasteiger partial charge on any atom is -0.395 e. The average Bonchev–Trinajstić information content (AvgIpc) is 2.95. The Morgan fingerprint density at radius 1 is 0.833 bits per heavy atom. The number of rotatable bonds is 12. The molecule has 14 atom stereocenters. The van der Waals surface area contributed by atoms with E-state index in [1.807, 2.05) is 0 Å². The normalized spacial score (nSPS) is 48.3. The van der Waals surface area contributed by atoms with E-state index in [1.165, 1.54) is 0 Å². The van der Waals surface area contributed by atoms with E-state index in [4.69, 9.17) is 37.1 Å². The van der Waals surface area contributed by atoms with Gasteiger partial charge in [-0.05, 0) is 38.1 Å². The van der Waals surface area contributed by atoms with Crippen LogP contribution in [0.15, 0.2) is 0 Å². The van der Waals surface area contributed by atoms with Crippen molar-refractivity contribution in [3.8, 4) is 0 Å². The Kier molecular flexibility index (Phi) is 12.3. The van der Waals surface area contributed by atoms with Crippen molar-refractivity contribution in [3.63, 3.8) is 0 Å². The highest BCUT2D eigenvalue weighted by Gasteiger charge is 2.54. The zero-order chi connectivity index (χ0) is 30.7. The summed E-state index contributed by atoms with van der Waals surface area (Å²) in [5.74, 6) is -0.344. The maximum absolute atomic E-state index is 11.9. The molecule has 2 aliphatic heterocycles. The summed E-state index contributed by atoms with van der Waals surface area (Å²) >= 11 is 0. The van der Waals surface area contributed by atoms with Crippen LogP contribution >= 0.6 is 0 Å². The highest BCUT2D eigenvalue weighted by molar-refractivity contribution is 5.07. The maximum atomic E-state index is 11.9. The van der Waals surface area contributed by atoms with Gasteiger partial charge in [0.05, 0.1) is 56.3 Å². The monoisotopic (exact) mass is 608 g/mol. The first-order chi connectivity index (χ1) is 20.0. The number of hydrogen-bond donors (Lipinski definition) is 13. The molecule has 4 rings (SSSR count). The molecule has 16 heteroatoms. The van der Waals surface area contributed by atoms with Crippen molar-refractivity contribution in [3.05, 3.63) is 0 Å². The fourth-order valence-electron chi connectivity index (χ4n) is 6.90. The topological polar surface area (TPSA) is 297 Å². The Bertz CT molecular complexity index is 826. The summed E-state index contributed by atoms with van der Waals surface area (Å²) < 4.78 is 18.1. The molecule has 0 amide bonds. The van der Waals surface area contributed by atoms with Crippen molar-refractivity contribution in [2.75, 3.05) is 32.9 Å². The molecule has 0 aromatic heterocycles. The summed E-state index contributed by atoms with van der Waals surface area (Å²) in [6.45, 7) is -0.680. The lowest BCUT2D eigenvalue weighted by Crippen LogP contribution is -2.70. The number of hydrogen-bond acceptors (Lipinski definition) is 16. The van der Waals surface area contributed by atoms with Gasteiger partial charge in [0, 0.05) is 36.6 Å². The third-order valence-electron chi connectivity index (χ3n) is 9.47. The molecule has 42 heavy (non-hydrogen) atoms. The van der Waals surface area contributed by atoms with Crippen molar-refractivity contribution in [2.24, 2.45) is 34.8 Å². The molecule has 2 saturated carbocycles. The van der Waals surface area contributed by atoms with E-state index in [0.717, 1.165) is 12.8 Å². The van der Waals surface area contributed by atoms with E-state index in [9.17, 15) is 35.7 Å². The van der Waals surface area contributed by atoms with E-state index in [1.54, 1.807) is 0 Å². The smallest absolute Gasteiger partial charge is 0.186 e. The van der Waals surface area contributed by atoms with Crippen LogP contribution in [0.25, 0.3) is 0 Å². The van der Waals surface area contributed by atoms with Crippen molar-refractivity contribution in [2.45, 2.75) is 117 Å². The second-order valence-electron chi connectivity index (χ2n) is 12.5. The molecule has 14 unspecified atom stereocenters. The van der Waals surface area contributed by atoms with Gasteiger partial charge in [0.25, 0.3) is 0 Å². The zero-order valence-electron chi connectivity index (χ0n) is 23.8. The molecule has 0 bridgehead atoms. The summed E-state index contributed by atoms with van der Waals surface area (Å²) in [5, 5.41) is 79.3. The third kappa shape index (κ3) is 7.42. The van der Waals surface area contributed by atoms with Gasteiger partial charge in [-0.3, -0.25) is 0 Å². The van der Waals surface area contributed by atoms with E-state index in [0.29, 0.717) is 18.9 Å². The largest absolute Gasteiger partial charge is 0.395 e. The second-order valence-corrected chi connectivity index (χ2v) is 12.5. The van der Waals surface area contributed by atoms with Gasteiger partial charge in [-0.1, -0.05) is 0 Å². The Balaban J connectivity index is 1.59. The van der Waals surface area contributed by atoms with E-state index >= 15 is 0 Å². The molecule has 17 N–H and O–H groups in total. The van der Waals surface area contributed by atoms with Crippen molar-refractivity contribution in [1.29, 1.82) is 0 Å². The molecule has 2 heterocycles. The highest BCUT2D eigenvalue weighted by Crippen LogP contribution is 2.37.